The quantitative estimate of drug-likeness (QED) is 0.819. The largest absolute Gasteiger partial charge is 0.395 e. The summed E-state index contributed by atoms with van der Waals surface area (Å²) in [6, 6.07) is 1.99. The predicted molar refractivity (Wildman–Crippen MR) is 77.9 cm³/mol. The molecule has 0 bridgehead atoms. The summed E-state index contributed by atoms with van der Waals surface area (Å²) in [4.78, 5) is 16.4. The second-order valence-electron chi connectivity index (χ2n) is 4.58. The average Bonchev–Trinajstić information content (AvgIpc) is 2.76. The Morgan fingerprint density at radius 2 is 2.16 bits per heavy atom. The van der Waals surface area contributed by atoms with Crippen molar-refractivity contribution in [2.24, 2.45) is 0 Å². The third-order valence-corrected chi connectivity index (χ3v) is 3.29. The molecule has 1 heterocycles. The molecule has 0 spiro atoms. The van der Waals surface area contributed by atoms with Crippen molar-refractivity contribution in [2.75, 3.05) is 34.3 Å². The lowest BCUT2D eigenvalue weighted by Crippen LogP contribution is -2.34. The molecule has 0 aliphatic carbocycles. The van der Waals surface area contributed by atoms with Gasteiger partial charge in [0.25, 0.3) is 0 Å². The number of nitrogens with zero attached hydrogens (tertiary/aromatic N) is 2. The van der Waals surface area contributed by atoms with E-state index in [1.165, 1.54) is 0 Å². The monoisotopic (exact) mass is 280 g/mol. The van der Waals surface area contributed by atoms with Crippen LogP contribution < -0.4 is 0 Å². The molecule has 1 aromatic heterocycles. The van der Waals surface area contributed by atoms with Crippen LogP contribution in [0.4, 0.5) is 0 Å². The molecule has 0 aliphatic rings. The molecule has 0 unspecified atom stereocenters. The van der Waals surface area contributed by atoms with Crippen molar-refractivity contribution < 1.29 is 9.90 Å². The minimum atomic E-state index is 0.0903. The van der Waals surface area contributed by atoms with E-state index in [4.69, 9.17) is 5.11 Å². The van der Waals surface area contributed by atoms with Gasteiger partial charge in [-0.05, 0) is 31.1 Å². The number of likely N-dealkylation sites (N-methyl/N-ethyl adjacent to an activating group) is 2. The van der Waals surface area contributed by atoms with Crippen LogP contribution in [0.3, 0.4) is 0 Å². The predicted octanol–water partition coefficient (Wildman–Crippen LogP) is 1.00. The van der Waals surface area contributed by atoms with E-state index in [1.54, 1.807) is 23.3 Å². The molecule has 1 aromatic rings. The lowest BCUT2D eigenvalue weighted by Gasteiger charge is -2.18. The molecule has 19 heavy (non-hydrogen) atoms. The standard InChI is InChI=1S/C14H20N2O2S/c1-15(2)10-14(18)16(3)9-12-8-13(19-11-12)6-4-5-7-17/h8,11,17H,5,7,9-10H2,1-3H3. The van der Waals surface area contributed by atoms with Crippen molar-refractivity contribution in [2.45, 2.75) is 13.0 Å². The van der Waals surface area contributed by atoms with Gasteiger partial charge in [-0.2, -0.15) is 0 Å². The van der Waals surface area contributed by atoms with Crippen molar-refractivity contribution in [1.82, 2.24) is 9.80 Å². The fourth-order valence-electron chi connectivity index (χ4n) is 1.48. The van der Waals surface area contributed by atoms with Gasteiger partial charge in [-0.3, -0.25) is 4.79 Å². The van der Waals surface area contributed by atoms with Gasteiger partial charge in [-0.25, -0.2) is 0 Å². The van der Waals surface area contributed by atoms with E-state index in [0.717, 1.165) is 10.4 Å². The molecule has 104 valence electrons. The Bertz CT molecular complexity index is 471. The molecule has 1 rings (SSSR count). The molecule has 0 fully saturated rings. The van der Waals surface area contributed by atoms with Crippen LogP contribution >= 0.6 is 11.3 Å². The van der Waals surface area contributed by atoms with Crippen LogP contribution in [-0.4, -0.2) is 55.1 Å². The highest BCUT2D eigenvalue weighted by Gasteiger charge is 2.10. The molecule has 0 aromatic carbocycles. The summed E-state index contributed by atoms with van der Waals surface area (Å²) in [6.07, 6.45) is 0.495. The van der Waals surface area contributed by atoms with Gasteiger partial charge in [0, 0.05) is 20.0 Å². The fourth-order valence-corrected chi connectivity index (χ4v) is 2.25. The van der Waals surface area contributed by atoms with E-state index in [0.29, 0.717) is 19.5 Å². The number of carbonyl (C=O) groups excluding carboxylic acids is 1. The summed E-state index contributed by atoms with van der Waals surface area (Å²) in [7, 11) is 5.57. The van der Waals surface area contributed by atoms with Crippen molar-refractivity contribution in [3.8, 4) is 11.8 Å². The first-order valence-electron chi connectivity index (χ1n) is 6.08. The smallest absolute Gasteiger partial charge is 0.236 e. The molecule has 0 saturated carbocycles. The van der Waals surface area contributed by atoms with E-state index in [1.807, 2.05) is 30.4 Å². The van der Waals surface area contributed by atoms with E-state index in [-0.39, 0.29) is 12.5 Å². The Morgan fingerprint density at radius 3 is 2.79 bits per heavy atom. The number of rotatable bonds is 5. The Hall–Kier alpha value is -1.35. The molecule has 0 saturated heterocycles. The Labute approximate surface area is 118 Å². The third-order valence-electron chi connectivity index (χ3n) is 2.40. The molecule has 4 nitrogen and oxygen atoms in total. The SMILES string of the molecule is CN(C)CC(=O)N(C)Cc1csc(C#CCCO)c1. The zero-order chi connectivity index (χ0) is 14.3. The van der Waals surface area contributed by atoms with Crippen LogP contribution in [-0.2, 0) is 11.3 Å². The zero-order valence-corrected chi connectivity index (χ0v) is 12.5. The van der Waals surface area contributed by atoms with Crippen molar-refractivity contribution in [3.63, 3.8) is 0 Å². The summed E-state index contributed by atoms with van der Waals surface area (Å²) < 4.78 is 0. The van der Waals surface area contributed by atoms with Gasteiger partial charge >= 0.3 is 0 Å². The zero-order valence-electron chi connectivity index (χ0n) is 11.6. The Morgan fingerprint density at radius 1 is 1.42 bits per heavy atom. The number of hydrogen-bond acceptors (Lipinski definition) is 4. The van der Waals surface area contributed by atoms with E-state index >= 15 is 0 Å². The Kier molecular flexibility index (Phi) is 6.57. The van der Waals surface area contributed by atoms with Crippen LogP contribution in [0.15, 0.2) is 11.4 Å². The minimum absolute atomic E-state index is 0.0903. The van der Waals surface area contributed by atoms with Gasteiger partial charge in [0.15, 0.2) is 0 Å². The Balaban J connectivity index is 2.54. The molecular weight excluding hydrogens is 260 g/mol. The van der Waals surface area contributed by atoms with Crippen LogP contribution in [0.1, 0.15) is 16.9 Å². The topological polar surface area (TPSA) is 43.8 Å². The summed E-state index contributed by atoms with van der Waals surface area (Å²) in [5.74, 6) is 5.99. The fraction of sp³-hybridized carbons (Fsp3) is 0.500. The maximum atomic E-state index is 11.8. The number of aliphatic hydroxyl groups excluding tert-OH is 1. The molecule has 1 N–H and O–H groups in total. The van der Waals surface area contributed by atoms with Gasteiger partial charge in [0.05, 0.1) is 18.0 Å². The summed E-state index contributed by atoms with van der Waals surface area (Å²) in [6.45, 7) is 1.11. The average molecular weight is 280 g/mol. The highest BCUT2D eigenvalue weighted by molar-refractivity contribution is 7.10. The highest BCUT2D eigenvalue weighted by Crippen LogP contribution is 2.15. The van der Waals surface area contributed by atoms with Crippen LogP contribution in [0, 0.1) is 11.8 Å². The number of hydrogen-bond donors (Lipinski definition) is 1. The molecule has 0 aliphatic heterocycles. The first-order chi connectivity index (χ1) is 9.02. The van der Waals surface area contributed by atoms with Crippen molar-refractivity contribution in [3.05, 3.63) is 21.9 Å². The lowest BCUT2D eigenvalue weighted by atomic mass is 10.3. The second kappa shape index (κ2) is 7.95. The van der Waals surface area contributed by atoms with Crippen molar-refractivity contribution >= 4 is 17.2 Å². The lowest BCUT2D eigenvalue weighted by molar-refractivity contribution is -0.131. The highest BCUT2D eigenvalue weighted by atomic mass is 32.1. The molecule has 1 amide bonds. The summed E-state index contributed by atoms with van der Waals surface area (Å²) >= 11 is 1.56. The first kappa shape index (κ1) is 15.7. The molecule has 5 heteroatoms. The summed E-state index contributed by atoms with van der Waals surface area (Å²) in [5.41, 5.74) is 1.09. The number of carbonyl (C=O) groups is 1. The third kappa shape index (κ3) is 5.88. The van der Waals surface area contributed by atoms with Crippen LogP contribution in [0.25, 0.3) is 0 Å². The second-order valence-corrected chi connectivity index (χ2v) is 5.49. The summed E-state index contributed by atoms with van der Waals surface area (Å²) in [5, 5.41) is 10.7. The van der Waals surface area contributed by atoms with Crippen LogP contribution in [0.5, 0.6) is 0 Å². The molecule has 0 atom stereocenters. The van der Waals surface area contributed by atoms with Crippen molar-refractivity contribution in [1.29, 1.82) is 0 Å². The first-order valence-corrected chi connectivity index (χ1v) is 6.96. The molecular formula is C14H20N2O2S. The normalized spacial score (nSPS) is 10.2. The van der Waals surface area contributed by atoms with Crippen LogP contribution in [0.2, 0.25) is 0 Å². The minimum Gasteiger partial charge on any atom is -0.395 e. The van der Waals surface area contributed by atoms with Gasteiger partial charge < -0.3 is 14.9 Å². The van der Waals surface area contributed by atoms with E-state index < -0.39 is 0 Å². The van der Waals surface area contributed by atoms with E-state index in [2.05, 4.69) is 11.8 Å². The van der Waals surface area contributed by atoms with Gasteiger partial charge in [-0.15, -0.1) is 11.3 Å². The van der Waals surface area contributed by atoms with E-state index in [9.17, 15) is 4.79 Å². The number of amides is 1. The molecule has 0 radical (unpaired) electrons. The van der Waals surface area contributed by atoms with Gasteiger partial charge in [0.1, 0.15) is 0 Å². The van der Waals surface area contributed by atoms with Gasteiger partial charge in [0.2, 0.25) is 5.91 Å². The number of aliphatic hydroxyl groups is 1. The maximum Gasteiger partial charge on any atom is 0.236 e. The number of thiophene rings is 1. The van der Waals surface area contributed by atoms with Gasteiger partial charge in [-0.1, -0.05) is 11.8 Å². The maximum absolute atomic E-state index is 11.8.